The van der Waals surface area contributed by atoms with Gasteiger partial charge < -0.3 is 10.0 Å². The van der Waals surface area contributed by atoms with Crippen molar-refractivity contribution in [3.8, 4) is 0 Å². The molecule has 1 saturated heterocycles. The van der Waals surface area contributed by atoms with Gasteiger partial charge in [0.1, 0.15) is 0 Å². The summed E-state index contributed by atoms with van der Waals surface area (Å²) >= 11 is 0. The molecule has 1 amide bonds. The quantitative estimate of drug-likeness (QED) is 0.927. The zero-order chi connectivity index (χ0) is 18.0. The van der Waals surface area contributed by atoms with Crippen molar-refractivity contribution < 1.29 is 14.7 Å². The van der Waals surface area contributed by atoms with Crippen LogP contribution < -0.4 is 0 Å². The highest BCUT2D eigenvalue weighted by atomic mass is 16.4. The fraction of sp³-hybridized carbons (Fsp3) is 0.421. The third-order valence-electron chi connectivity index (χ3n) is 5.02. The molecule has 1 fully saturated rings. The molecule has 2 aromatic rings. The van der Waals surface area contributed by atoms with E-state index in [1.807, 2.05) is 48.9 Å². The predicted octanol–water partition coefficient (Wildman–Crippen LogP) is 2.42. The van der Waals surface area contributed by atoms with Crippen LogP contribution in [0.15, 0.2) is 36.5 Å². The number of carbonyl (C=O) groups excluding carboxylic acids is 1. The average Bonchev–Trinajstić information content (AvgIpc) is 2.95. The van der Waals surface area contributed by atoms with Crippen molar-refractivity contribution in [1.29, 1.82) is 0 Å². The van der Waals surface area contributed by atoms with Crippen molar-refractivity contribution >= 4 is 11.9 Å². The van der Waals surface area contributed by atoms with Crippen LogP contribution in [-0.2, 0) is 11.3 Å². The smallest absolute Gasteiger partial charge is 0.306 e. The molecule has 1 aromatic heterocycles. The Hall–Kier alpha value is -2.63. The number of likely N-dealkylation sites (tertiary alicyclic amines) is 1. The van der Waals surface area contributed by atoms with Crippen LogP contribution in [0.3, 0.4) is 0 Å². The van der Waals surface area contributed by atoms with Gasteiger partial charge in [-0.05, 0) is 24.8 Å². The van der Waals surface area contributed by atoms with Gasteiger partial charge in [0.2, 0.25) is 0 Å². The largest absolute Gasteiger partial charge is 0.481 e. The lowest BCUT2D eigenvalue weighted by Gasteiger charge is -2.34. The number of hydrogen-bond donors (Lipinski definition) is 1. The molecule has 132 valence electrons. The number of hydrogen-bond acceptors (Lipinski definition) is 3. The summed E-state index contributed by atoms with van der Waals surface area (Å²) in [6.45, 7) is 5.36. The topological polar surface area (TPSA) is 75.4 Å². The normalized spacial score (nSPS) is 20.5. The molecule has 0 radical (unpaired) electrons. The Morgan fingerprint density at radius 1 is 1.28 bits per heavy atom. The average molecular weight is 341 g/mol. The van der Waals surface area contributed by atoms with Crippen LogP contribution >= 0.6 is 0 Å². The van der Waals surface area contributed by atoms with Crippen LogP contribution in [-0.4, -0.2) is 44.8 Å². The van der Waals surface area contributed by atoms with E-state index in [0.29, 0.717) is 31.6 Å². The van der Waals surface area contributed by atoms with Gasteiger partial charge in [-0.25, -0.2) is 0 Å². The summed E-state index contributed by atoms with van der Waals surface area (Å²) in [5.74, 6) is -1.25. The molecule has 6 heteroatoms. The van der Waals surface area contributed by atoms with Crippen molar-refractivity contribution in [3.63, 3.8) is 0 Å². The number of carboxylic acid groups (broad SMARTS) is 1. The van der Waals surface area contributed by atoms with Crippen LogP contribution in [0, 0.1) is 18.8 Å². The lowest BCUT2D eigenvalue weighted by molar-refractivity contribution is -0.145. The molecule has 0 aliphatic carbocycles. The van der Waals surface area contributed by atoms with E-state index in [4.69, 9.17) is 0 Å². The molecule has 3 rings (SSSR count). The van der Waals surface area contributed by atoms with E-state index < -0.39 is 5.97 Å². The second-order valence-electron chi connectivity index (χ2n) is 6.75. The molecule has 1 N–H and O–H groups in total. The van der Waals surface area contributed by atoms with Gasteiger partial charge in [0.15, 0.2) is 0 Å². The first kappa shape index (κ1) is 17.2. The number of nitrogens with zero attached hydrogens (tertiary/aromatic N) is 3. The molecule has 0 bridgehead atoms. The van der Waals surface area contributed by atoms with Crippen molar-refractivity contribution in [2.75, 3.05) is 13.1 Å². The van der Waals surface area contributed by atoms with Crippen LogP contribution in [0.2, 0.25) is 0 Å². The van der Waals surface area contributed by atoms with E-state index in [2.05, 4.69) is 5.10 Å². The van der Waals surface area contributed by atoms with Gasteiger partial charge in [-0.15, -0.1) is 0 Å². The number of piperidine rings is 1. The summed E-state index contributed by atoms with van der Waals surface area (Å²) in [5, 5.41) is 13.6. The van der Waals surface area contributed by atoms with E-state index in [1.54, 1.807) is 11.1 Å². The maximum absolute atomic E-state index is 12.8. The Balaban J connectivity index is 1.72. The van der Waals surface area contributed by atoms with Gasteiger partial charge in [-0.2, -0.15) is 5.10 Å². The van der Waals surface area contributed by atoms with Gasteiger partial charge in [-0.1, -0.05) is 37.3 Å². The Labute approximate surface area is 147 Å². The molecule has 25 heavy (non-hydrogen) atoms. The molecular formula is C19H23N3O3. The molecule has 2 heterocycles. The number of carbonyl (C=O) groups is 2. The van der Waals surface area contributed by atoms with Crippen LogP contribution in [0.5, 0.6) is 0 Å². The fourth-order valence-electron chi connectivity index (χ4n) is 3.44. The Kier molecular flexibility index (Phi) is 4.88. The van der Waals surface area contributed by atoms with Crippen LogP contribution in [0.1, 0.15) is 35.0 Å². The van der Waals surface area contributed by atoms with Crippen molar-refractivity contribution in [2.45, 2.75) is 26.8 Å². The van der Waals surface area contributed by atoms with E-state index in [-0.39, 0.29) is 17.7 Å². The number of aromatic nitrogens is 2. The Morgan fingerprint density at radius 3 is 2.64 bits per heavy atom. The summed E-state index contributed by atoms with van der Waals surface area (Å²) in [6, 6.07) is 9.99. The van der Waals surface area contributed by atoms with Crippen LogP contribution in [0.4, 0.5) is 0 Å². The third kappa shape index (κ3) is 3.57. The maximum atomic E-state index is 12.8. The first-order chi connectivity index (χ1) is 12.0. The SMILES string of the molecule is Cc1c(C(=O)N2CCC(C(=O)O)C(C)C2)cnn1Cc1ccccc1. The highest BCUT2D eigenvalue weighted by Crippen LogP contribution is 2.25. The van der Waals surface area contributed by atoms with Crippen LogP contribution in [0.25, 0.3) is 0 Å². The highest BCUT2D eigenvalue weighted by Gasteiger charge is 2.34. The lowest BCUT2D eigenvalue weighted by Crippen LogP contribution is -2.45. The summed E-state index contributed by atoms with van der Waals surface area (Å²) in [5.41, 5.74) is 2.56. The molecule has 0 saturated carbocycles. The van der Waals surface area contributed by atoms with Gasteiger partial charge >= 0.3 is 5.97 Å². The minimum Gasteiger partial charge on any atom is -0.481 e. The van der Waals surface area contributed by atoms with E-state index in [9.17, 15) is 14.7 Å². The fourth-order valence-corrected chi connectivity index (χ4v) is 3.44. The molecule has 0 spiro atoms. The molecule has 2 atom stereocenters. The number of rotatable bonds is 4. The first-order valence-electron chi connectivity index (χ1n) is 8.55. The summed E-state index contributed by atoms with van der Waals surface area (Å²) in [4.78, 5) is 25.8. The summed E-state index contributed by atoms with van der Waals surface area (Å²) in [6.07, 6.45) is 2.12. The summed E-state index contributed by atoms with van der Waals surface area (Å²) in [7, 11) is 0. The monoisotopic (exact) mass is 341 g/mol. The van der Waals surface area contributed by atoms with Gasteiger partial charge in [0, 0.05) is 18.8 Å². The van der Waals surface area contributed by atoms with E-state index >= 15 is 0 Å². The standard InChI is InChI=1S/C19H23N3O3/c1-13-11-21(9-8-16(13)19(24)25)18(23)17-10-20-22(14(17)2)12-15-6-4-3-5-7-15/h3-7,10,13,16H,8-9,11-12H2,1-2H3,(H,24,25). The number of carboxylic acids is 1. The van der Waals surface area contributed by atoms with Gasteiger partial charge in [0.05, 0.1) is 24.2 Å². The predicted molar refractivity (Wildman–Crippen MR) is 93.3 cm³/mol. The minimum atomic E-state index is -0.772. The number of benzene rings is 1. The molecule has 6 nitrogen and oxygen atoms in total. The lowest BCUT2D eigenvalue weighted by atomic mass is 9.87. The van der Waals surface area contributed by atoms with E-state index in [1.165, 1.54) is 0 Å². The van der Waals surface area contributed by atoms with Crippen molar-refractivity contribution in [3.05, 3.63) is 53.3 Å². The molecular weight excluding hydrogens is 318 g/mol. The maximum Gasteiger partial charge on any atom is 0.306 e. The van der Waals surface area contributed by atoms with Gasteiger partial charge in [0.25, 0.3) is 5.91 Å². The van der Waals surface area contributed by atoms with Crippen molar-refractivity contribution in [1.82, 2.24) is 14.7 Å². The molecule has 2 unspecified atom stereocenters. The number of aliphatic carboxylic acids is 1. The zero-order valence-electron chi connectivity index (χ0n) is 14.6. The number of amides is 1. The minimum absolute atomic E-state index is 0.0464. The van der Waals surface area contributed by atoms with Gasteiger partial charge in [-0.3, -0.25) is 14.3 Å². The summed E-state index contributed by atoms with van der Waals surface area (Å²) < 4.78 is 1.83. The Morgan fingerprint density at radius 2 is 2.00 bits per heavy atom. The highest BCUT2D eigenvalue weighted by molar-refractivity contribution is 5.95. The van der Waals surface area contributed by atoms with E-state index in [0.717, 1.165) is 11.3 Å². The molecule has 1 aliphatic heterocycles. The molecule has 1 aliphatic rings. The Bertz CT molecular complexity index is 769. The second-order valence-corrected chi connectivity index (χ2v) is 6.75. The zero-order valence-corrected chi connectivity index (χ0v) is 14.6. The second kappa shape index (κ2) is 7.09. The molecule has 1 aromatic carbocycles. The van der Waals surface area contributed by atoms with Crippen molar-refractivity contribution in [2.24, 2.45) is 11.8 Å². The first-order valence-corrected chi connectivity index (χ1v) is 8.55. The third-order valence-corrected chi connectivity index (χ3v) is 5.02.